The van der Waals surface area contributed by atoms with Crippen molar-refractivity contribution in [2.75, 3.05) is 19.5 Å². The zero-order valence-electron chi connectivity index (χ0n) is 14.1. The number of hydrogen-bond acceptors (Lipinski definition) is 4. The zero-order valence-corrected chi connectivity index (χ0v) is 15.7. The summed E-state index contributed by atoms with van der Waals surface area (Å²) >= 11 is 3.39. The number of nitriles is 1. The van der Waals surface area contributed by atoms with Crippen molar-refractivity contribution < 1.29 is 14.3 Å². The average Bonchev–Trinajstić information content (AvgIpc) is 2.60. The molecule has 0 saturated heterocycles. The van der Waals surface area contributed by atoms with E-state index < -0.39 is 5.91 Å². The third kappa shape index (κ3) is 4.61. The Labute approximate surface area is 155 Å². The smallest absolute Gasteiger partial charge is 0.266 e. The summed E-state index contributed by atoms with van der Waals surface area (Å²) in [4.78, 5) is 12.3. The topological polar surface area (TPSA) is 71.3 Å². The second kappa shape index (κ2) is 8.36. The highest BCUT2D eigenvalue weighted by Gasteiger charge is 2.13. The highest BCUT2D eigenvalue weighted by atomic mass is 79.9. The van der Waals surface area contributed by atoms with Crippen LogP contribution >= 0.6 is 15.9 Å². The molecule has 0 aromatic heterocycles. The Morgan fingerprint density at radius 3 is 2.44 bits per heavy atom. The molecule has 0 spiro atoms. The van der Waals surface area contributed by atoms with Crippen molar-refractivity contribution in [1.29, 1.82) is 5.26 Å². The molecule has 1 N–H and O–H groups in total. The fourth-order valence-corrected chi connectivity index (χ4v) is 2.79. The summed E-state index contributed by atoms with van der Waals surface area (Å²) in [6.45, 7) is 1.96. The van der Waals surface area contributed by atoms with Gasteiger partial charge in [-0.15, -0.1) is 0 Å². The number of anilines is 1. The van der Waals surface area contributed by atoms with Gasteiger partial charge >= 0.3 is 0 Å². The van der Waals surface area contributed by atoms with E-state index >= 15 is 0 Å². The third-order valence-corrected chi connectivity index (χ3v) is 4.03. The van der Waals surface area contributed by atoms with Gasteiger partial charge in [-0.25, -0.2) is 0 Å². The Hall–Kier alpha value is -2.78. The van der Waals surface area contributed by atoms with Crippen LogP contribution in [0.2, 0.25) is 0 Å². The fourth-order valence-electron chi connectivity index (χ4n) is 2.17. The summed E-state index contributed by atoms with van der Waals surface area (Å²) in [6.07, 6.45) is 1.50. The number of nitrogens with zero attached hydrogens (tertiary/aromatic N) is 1. The highest BCUT2D eigenvalue weighted by Crippen LogP contribution is 2.36. The number of nitrogens with one attached hydrogen (secondary N) is 1. The minimum atomic E-state index is -0.475. The Kier molecular flexibility index (Phi) is 6.20. The number of ether oxygens (including phenoxy) is 2. The van der Waals surface area contributed by atoms with Crippen molar-refractivity contribution in [1.82, 2.24) is 0 Å². The summed E-state index contributed by atoms with van der Waals surface area (Å²) in [6, 6.07) is 12.7. The molecule has 0 unspecified atom stereocenters. The normalized spacial score (nSPS) is 10.8. The average molecular weight is 401 g/mol. The standard InChI is InChI=1S/C19H17BrN2O3/c1-12-4-6-15(7-5-12)22-19(23)14(11-21)8-13-9-16(20)18(25-3)17(10-13)24-2/h4-10H,1-3H3,(H,22,23)/b14-8-. The minimum absolute atomic E-state index is 0.0142. The molecule has 0 atom stereocenters. The van der Waals surface area contributed by atoms with E-state index in [2.05, 4.69) is 21.2 Å². The van der Waals surface area contributed by atoms with Gasteiger partial charge in [0.1, 0.15) is 11.6 Å². The predicted octanol–water partition coefficient (Wildman–Crippen LogP) is 4.32. The van der Waals surface area contributed by atoms with E-state index in [1.165, 1.54) is 20.3 Å². The van der Waals surface area contributed by atoms with Gasteiger partial charge in [0.15, 0.2) is 11.5 Å². The molecule has 0 fully saturated rings. The molecule has 128 valence electrons. The Bertz CT molecular complexity index is 852. The number of rotatable bonds is 5. The summed E-state index contributed by atoms with van der Waals surface area (Å²) in [7, 11) is 3.06. The number of amides is 1. The molecule has 0 aliphatic rings. The van der Waals surface area contributed by atoms with E-state index in [0.29, 0.717) is 27.2 Å². The first kappa shape index (κ1) is 18.6. The monoisotopic (exact) mass is 400 g/mol. The van der Waals surface area contributed by atoms with Crippen molar-refractivity contribution in [3.05, 3.63) is 57.6 Å². The van der Waals surface area contributed by atoms with Crippen LogP contribution in [0.3, 0.4) is 0 Å². The van der Waals surface area contributed by atoms with Crippen LogP contribution in [0, 0.1) is 18.3 Å². The number of methoxy groups -OCH3 is 2. The molecule has 0 heterocycles. The van der Waals surface area contributed by atoms with Crippen LogP contribution < -0.4 is 14.8 Å². The van der Waals surface area contributed by atoms with Crippen LogP contribution in [0.1, 0.15) is 11.1 Å². The zero-order chi connectivity index (χ0) is 18.4. The van der Waals surface area contributed by atoms with Gasteiger partial charge in [0.05, 0.1) is 18.7 Å². The molecule has 2 rings (SSSR count). The predicted molar refractivity (Wildman–Crippen MR) is 101 cm³/mol. The van der Waals surface area contributed by atoms with Gasteiger partial charge in [-0.1, -0.05) is 17.7 Å². The van der Waals surface area contributed by atoms with Crippen molar-refractivity contribution in [3.8, 4) is 17.6 Å². The Morgan fingerprint density at radius 2 is 1.88 bits per heavy atom. The van der Waals surface area contributed by atoms with E-state index in [4.69, 9.17) is 9.47 Å². The minimum Gasteiger partial charge on any atom is -0.493 e. The van der Waals surface area contributed by atoms with Gasteiger partial charge < -0.3 is 14.8 Å². The lowest BCUT2D eigenvalue weighted by atomic mass is 10.1. The van der Waals surface area contributed by atoms with Crippen LogP contribution in [0.25, 0.3) is 6.08 Å². The maximum absolute atomic E-state index is 12.3. The largest absolute Gasteiger partial charge is 0.493 e. The summed E-state index contributed by atoms with van der Waals surface area (Å²) in [5.74, 6) is 0.568. The fraction of sp³-hybridized carbons (Fsp3) is 0.158. The number of halogens is 1. The molecule has 2 aromatic carbocycles. The number of carbonyl (C=O) groups is 1. The van der Waals surface area contributed by atoms with Gasteiger partial charge in [0.2, 0.25) is 0 Å². The Balaban J connectivity index is 2.30. The lowest BCUT2D eigenvalue weighted by Crippen LogP contribution is -2.13. The quantitative estimate of drug-likeness (QED) is 0.599. The maximum Gasteiger partial charge on any atom is 0.266 e. The summed E-state index contributed by atoms with van der Waals surface area (Å²) in [5, 5.41) is 12.0. The van der Waals surface area contributed by atoms with Crippen molar-refractivity contribution >= 4 is 33.6 Å². The first-order chi connectivity index (χ1) is 12.0. The highest BCUT2D eigenvalue weighted by molar-refractivity contribution is 9.10. The number of benzene rings is 2. The van der Waals surface area contributed by atoms with E-state index in [9.17, 15) is 10.1 Å². The maximum atomic E-state index is 12.3. The second-order valence-electron chi connectivity index (χ2n) is 5.23. The lowest BCUT2D eigenvalue weighted by Gasteiger charge is -2.11. The van der Waals surface area contributed by atoms with Crippen LogP contribution in [-0.4, -0.2) is 20.1 Å². The van der Waals surface area contributed by atoms with Crippen LogP contribution in [0.5, 0.6) is 11.5 Å². The van der Waals surface area contributed by atoms with Gasteiger partial charge in [-0.2, -0.15) is 5.26 Å². The molecule has 5 nitrogen and oxygen atoms in total. The molecule has 0 saturated carbocycles. The van der Waals surface area contributed by atoms with E-state index in [1.807, 2.05) is 25.1 Å². The molecule has 0 aliphatic heterocycles. The molecule has 1 amide bonds. The van der Waals surface area contributed by atoms with Gasteiger partial charge in [0.25, 0.3) is 5.91 Å². The molecular weight excluding hydrogens is 384 g/mol. The second-order valence-corrected chi connectivity index (χ2v) is 6.08. The molecule has 0 radical (unpaired) electrons. The first-order valence-electron chi connectivity index (χ1n) is 7.39. The van der Waals surface area contributed by atoms with E-state index in [0.717, 1.165) is 5.56 Å². The SMILES string of the molecule is COc1cc(/C=C(/C#N)C(=O)Nc2ccc(C)cc2)cc(Br)c1OC. The summed E-state index contributed by atoms with van der Waals surface area (Å²) < 4.78 is 11.2. The van der Waals surface area contributed by atoms with Gasteiger partial charge in [-0.05, 0) is 58.8 Å². The van der Waals surface area contributed by atoms with Crippen LogP contribution in [0.4, 0.5) is 5.69 Å². The van der Waals surface area contributed by atoms with Crippen molar-refractivity contribution in [3.63, 3.8) is 0 Å². The van der Waals surface area contributed by atoms with Crippen LogP contribution in [0.15, 0.2) is 46.4 Å². The van der Waals surface area contributed by atoms with Gasteiger partial charge in [0, 0.05) is 5.69 Å². The summed E-state index contributed by atoms with van der Waals surface area (Å²) in [5.41, 5.74) is 2.34. The molecule has 2 aromatic rings. The number of aryl methyl sites for hydroxylation is 1. The molecule has 0 bridgehead atoms. The lowest BCUT2D eigenvalue weighted by molar-refractivity contribution is -0.112. The number of carbonyl (C=O) groups excluding carboxylic acids is 1. The van der Waals surface area contributed by atoms with Crippen molar-refractivity contribution in [2.45, 2.75) is 6.92 Å². The molecule has 25 heavy (non-hydrogen) atoms. The molecule has 6 heteroatoms. The van der Waals surface area contributed by atoms with Crippen molar-refractivity contribution in [2.24, 2.45) is 0 Å². The van der Waals surface area contributed by atoms with Crippen LogP contribution in [-0.2, 0) is 4.79 Å². The number of hydrogen-bond donors (Lipinski definition) is 1. The van der Waals surface area contributed by atoms with E-state index in [1.54, 1.807) is 24.3 Å². The molecular formula is C19H17BrN2O3. The van der Waals surface area contributed by atoms with E-state index in [-0.39, 0.29) is 5.57 Å². The molecule has 0 aliphatic carbocycles. The Morgan fingerprint density at radius 1 is 1.20 bits per heavy atom. The van der Waals surface area contributed by atoms with Gasteiger partial charge in [-0.3, -0.25) is 4.79 Å². The first-order valence-corrected chi connectivity index (χ1v) is 8.19. The third-order valence-electron chi connectivity index (χ3n) is 3.44.